The maximum absolute atomic E-state index is 12.4. The van der Waals surface area contributed by atoms with Crippen molar-refractivity contribution in [3.05, 3.63) is 0 Å². The third-order valence-corrected chi connectivity index (χ3v) is 2.54. The molecule has 0 spiro atoms. The molecule has 0 aromatic carbocycles. The molecule has 7 heteroatoms. The quantitative estimate of drug-likeness (QED) is 0.728. The van der Waals surface area contributed by atoms with Crippen molar-refractivity contribution in [2.75, 3.05) is 19.6 Å². The lowest BCUT2D eigenvalue weighted by Crippen LogP contribution is -2.62. The average molecular weight is 269 g/mol. The number of hydrogen-bond acceptors (Lipinski definition) is 3. The first kappa shape index (κ1) is 17.2. The van der Waals surface area contributed by atoms with Crippen LogP contribution in [0.5, 0.6) is 0 Å². The van der Waals surface area contributed by atoms with E-state index < -0.39 is 24.2 Å². The van der Waals surface area contributed by atoms with E-state index in [9.17, 15) is 18.0 Å². The van der Waals surface area contributed by atoms with E-state index in [1.807, 2.05) is 0 Å². The van der Waals surface area contributed by atoms with Crippen molar-refractivity contribution in [1.82, 2.24) is 10.2 Å². The molecule has 1 unspecified atom stereocenters. The number of nitrogens with two attached hydrogens (primary N) is 1. The number of primary amides is 1. The molecule has 0 aliphatic heterocycles. The smallest absolute Gasteiger partial charge is 0.368 e. The van der Waals surface area contributed by atoms with Crippen molar-refractivity contribution >= 4 is 5.91 Å². The lowest BCUT2D eigenvalue weighted by Gasteiger charge is -2.35. The number of carbonyl (C=O) groups is 1. The number of carbonyl (C=O) groups excluding carboxylic acids is 1. The SMILES string of the molecule is CCN(CC(F)(F)F)CC(C)(NC(C)C)C(N)=O. The normalized spacial score (nSPS) is 16.1. The molecule has 1 atom stereocenters. The molecule has 0 aliphatic carbocycles. The third kappa shape index (κ3) is 6.20. The van der Waals surface area contributed by atoms with Gasteiger partial charge in [-0.3, -0.25) is 9.69 Å². The zero-order valence-electron chi connectivity index (χ0n) is 11.3. The molecule has 18 heavy (non-hydrogen) atoms. The Morgan fingerprint density at radius 1 is 1.33 bits per heavy atom. The van der Waals surface area contributed by atoms with E-state index in [-0.39, 0.29) is 19.1 Å². The molecule has 0 fully saturated rings. The van der Waals surface area contributed by atoms with Gasteiger partial charge in [-0.2, -0.15) is 13.2 Å². The molecule has 0 heterocycles. The molecule has 0 saturated carbocycles. The Hall–Kier alpha value is -0.820. The molecule has 0 aromatic heterocycles. The topological polar surface area (TPSA) is 58.4 Å². The number of amides is 1. The number of nitrogens with one attached hydrogen (secondary N) is 1. The number of nitrogens with zero attached hydrogens (tertiary/aromatic N) is 1. The average Bonchev–Trinajstić information content (AvgIpc) is 2.12. The van der Waals surface area contributed by atoms with Crippen molar-refractivity contribution in [3.8, 4) is 0 Å². The highest BCUT2D eigenvalue weighted by Crippen LogP contribution is 2.18. The van der Waals surface area contributed by atoms with Crippen LogP contribution in [-0.4, -0.2) is 48.2 Å². The Morgan fingerprint density at radius 2 is 1.83 bits per heavy atom. The molecule has 108 valence electrons. The van der Waals surface area contributed by atoms with Crippen molar-refractivity contribution in [3.63, 3.8) is 0 Å². The number of likely N-dealkylation sites (N-methyl/N-ethyl adjacent to an activating group) is 1. The highest BCUT2D eigenvalue weighted by molar-refractivity contribution is 5.84. The van der Waals surface area contributed by atoms with Crippen LogP contribution in [0.4, 0.5) is 13.2 Å². The van der Waals surface area contributed by atoms with Gasteiger partial charge in [0.05, 0.1) is 6.54 Å². The molecular weight excluding hydrogens is 247 g/mol. The molecule has 4 nitrogen and oxygen atoms in total. The maximum atomic E-state index is 12.4. The Bertz CT molecular complexity index is 281. The van der Waals surface area contributed by atoms with Crippen molar-refractivity contribution in [1.29, 1.82) is 0 Å². The van der Waals surface area contributed by atoms with E-state index in [0.717, 1.165) is 4.90 Å². The zero-order chi connectivity index (χ0) is 14.6. The molecule has 0 aromatic rings. The fourth-order valence-electron chi connectivity index (χ4n) is 1.81. The lowest BCUT2D eigenvalue weighted by molar-refractivity contribution is -0.149. The van der Waals surface area contributed by atoms with Gasteiger partial charge in [-0.1, -0.05) is 6.92 Å². The van der Waals surface area contributed by atoms with Gasteiger partial charge in [-0.25, -0.2) is 0 Å². The Kier molecular flexibility index (Phi) is 6.09. The largest absolute Gasteiger partial charge is 0.401 e. The van der Waals surface area contributed by atoms with Crippen molar-refractivity contribution in [2.45, 2.75) is 45.5 Å². The predicted octanol–water partition coefficient (Wildman–Crippen LogP) is 1.11. The number of rotatable bonds is 7. The summed E-state index contributed by atoms with van der Waals surface area (Å²) >= 11 is 0. The predicted molar refractivity (Wildman–Crippen MR) is 64.0 cm³/mol. The second kappa shape index (κ2) is 6.38. The fraction of sp³-hybridized carbons (Fsp3) is 0.909. The zero-order valence-corrected chi connectivity index (χ0v) is 11.3. The standard InChI is InChI=1S/C11H22F3N3O/c1-5-17(7-11(12,13)14)6-10(4,9(15)18)16-8(2)3/h8,16H,5-7H2,1-4H3,(H2,15,18). The number of alkyl halides is 3. The van der Waals surface area contributed by atoms with E-state index in [4.69, 9.17) is 5.73 Å². The summed E-state index contributed by atoms with van der Waals surface area (Å²) in [4.78, 5) is 12.6. The monoisotopic (exact) mass is 269 g/mol. The summed E-state index contributed by atoms with van der Waals surface area (Å²) in [5.41, 5.74) is 4.11. The Labute approximate surface area is 106 Å². The van der Waals surface area contributed by atoms with Gasteiger partial charge < -0.3 is 11.1 Å². The van der Waals surface area contributed by atoms with Gasteiger partial charge >= 0.3 is 6.18 Å². The van der Waals surface area contributed by atoms with Crippen LogP contribution >= 0.6 is 0 Å². The number of halogens is 3. The van der Waals surface area contributed by atoms with Crippen LogP contribution in [0.15, 0.2) is 0 Å². The minimum atomic E-state index is -4.29. The summed E-state index contributed by atoms with van der Waals surface area (Å²) in [6, 6.07) is -0.0490. The highest BCUT2D eigenvalue weighted by Gasteiger charge is 2.37. The molecule has 0 aliphatic rings. The summed E-state index contributed by atoms with van der Waals surface area (Å²) in [5.74, 6) is -0.656. The van der Waals surface area contributed by atoms with Crippen molar-refractivity contribution in [2.24, 2.45) is 5.73 Å². The Balaban J connectivity index is 4.79. The fourth-order valence-corrected chi connectivity index (χ4v) is 1.81. The van der Waals surface area contributed by atoms with E-state index in [0.29, 0.717) is 0 Å². The first-order chi connectivity index (χ1) is 8.00. The third-order valence-electron chi connectivity index (χ3n) is 2.54. The van der Waals surface area contributed by atoms with Gasteiger partial charge in [-0.15, -0.1) is 0 Å². The Morgan fingerprint density at radius 3 is 2.11 bits per heavy atom. The minimum Gasteiger partial charge on any atom is -0.368 e. The van der Waals surface area contributed by atoms with E-state index in [2.05, 4.69) is 5.32 Å². The summed E-state index contributed by atoms with van der Waals surface area (Å²) in [5, 5.41) is 2.92. The van der Waals surface area contributed by atoms with E-state index in [1.54, 1.807) is 20.8 Å². The summed E-state index contributed by atoms with van der Waals surface area (Å²) in [6.07, 6.45) is -4.29. The van der Waals surface area contributed by atoms with Crippen molar-refractivity contribution < 1.29 is 18.0 Å². The second-order valence-electron chi connectivity index (χ2n) is 4.91. The molecular formula is C11H22F3N3O. The first-order valence-corrected chi connectivity index (χ1v) is 5.87. The second-order valence-corrected chi connectivity index (χ2v) is 4.91. The molecule has 0 bridgehead atoms. The van der Waals surface area contributed by atoms with Gasteiger partial charge in [0.25, 0.3) is 0 Å². The van der Waals surface area contributed by atoms with E-state index >= 15 is 0 Å². The van der Waals surface area contributed by atoms with Crippen LogP contribution in [0.3, 0.4) is 0 Å². The molecule has 0 rings (SSSR count). The van der Waals surface area contributed by atoms with Gasteiger partial charge in [0.15, 0.2) is 0 Å². The highest BCUT2D eigenvalue weighted by atomic mass is 19.4. The van der Waals surface area contributed by atoms with Gasteiger partial charge in [0, 0.05) is 12.6 Å². The van der Waals surface area contributed by atoms with Crippen LogP contribution in [-0.2, 0) is 4.79 Å². The lowest BCUT2D eigenvalue weighted by atomic mass is 9.99. The van der Waals surface area contributed by atoms with Gasteiger partial charge in [0.2, 0.25) is 5.91 Å². The minimum absolute atomic E-state index is 0.0490. The van der Waals surface area contributed by atoms with Gasteiger partial charge in [-0.05, 0) is 27.3 Å². The van der Waals surface area contributed by atoms with Gasteiger partial charge in [0.1, 0.15) is 5.54 Å². The van der Waals surface area contributed by atoms with E-state index in [1.165, 1.54) is 6.92 Å². The molecule has 1 amide bonds. The molecule has 3 N–H and O–H groups in total. The van der Waals surface area contributed by atoms with Crippen LogP contribution in [0.2, 0.25) is 0 Å². The molecule has 0 saturated heterocycles. The summed E-state index contributed by atoms with van der Waals surface area (Å²) in [7, 11) is 0. The first-order valence-electron chi connectivity index (χ1n) is 5.87. The summed E-state index contributed by atoms with van der Waals surface area (Å²) in [6.45, 7) is 5.82. The summed E-state index contributed by atoms with van der Waals surface area (Å²) < 4.78 is 37.1. The molecule has 0 radical (unpaired) electrons. The van der Waals surface area contributed by atoms with Crippen LogP contribution < -0.4 is 11.1 Å². The van der Waals surface area contributed by atoms with Crippen LogP contribution in [0.25, 0.3) is 0 Å². The number of hydrogen-bond donors (Lipinski definition) is 2. The van der Waals surface area contributed by atoms with Crippen LogP contribution in [0, 0.1) is 0 Å². The van der Waals surface area contributed by atoms with Crippen LogP contribution in [0.1, 0.15) is 27.7 Å². The maximum Gasteiger partial charge on any atom is 0.401 e.